The molecule has 14 heavy (non-hydrogen) atoms. The average molecular weight is 257 g/mol. The maximum absolute atomic E-state index is 8.61. The number of benzene rings is 1. The number of halogens is 1. The van der Waals surface area contributed by atoms with Crippen LogP contribution in [0.2, 0.25) is 0 Å². The van der Waals surface area contributed by atoms with Gasteiger partial charge in [0.15, 0.2) is 0 Å². The molecule has 0 aliphatic rings. The summed E-state index contributed by atoms with van der Waals surface area (Å²) >= 11 is 3.38. The summed E-state index contributed by atoms with van der Waals surface area (Å²) < 4.78 is 6.11. The fourth-order valence-corrected chi connectivity index (χ4v) is 1.48. The minimum Gasteiger partial charge on any atom is -0.496 e. The molecule has 0 bridgehead atoms. The zero-order chi connectivity index (χ0) is 10.4. The van der Waals surface area contributed by atoms with Crippen molar-refractivity contribution >= 4 is 22.0 Å². The van der Waals surface area contributed by atoms with E-state index in [0.717, 1.165) is 15.8 Å². The molecular formula is C11H13BrO2. The first-order chi connectivity index (χ1) is 6.77. The largest absolute Gasteiger partial charge is 0.496 e. The van der Waals surface area contributed by atoms with E-state index >= 15 is 0 Å². The summed E-state index contributed by atoms with van der Waals surface area (Å²) in [5.74, 6) is 0.816. The standard InChI is InChI=1S/C11H13BrO2/c1-14-11-8-9(4-2-3-7-13)5-6-10(11)12/h2,4-6,8,13H,3,7H2,1H3. The first-order valence-electron chi connectivity index (χ1n) is 4.39. The van der Waals surface area contributed by atoms with E-state index in [9.17, 15) is 0 Å². The molecule has 0 saturated heterocycles. The fourth-order valence-electron chi connectivity index (χ4n) is 1.07. The van der Waals surface area contributed by atoms with Crippen LogP contribution in [0.15, 0.2) is 28.7 Å². The van der Waals surface area contributed by atoms with Gasteiger partial charge < -0.3 is 9.84 Å². The van der Waals surface area contributed by atoms with Crippen molar-refractivity contribution in [2.24, 2.45) is 0 Å². The van der Waals surface area contributed by atoms with Crippen LogP contribution in [-0.2, 0) is 0 Å². The highest BCUT2D eigenvalue weighted by molar-refractivity contribution is 9.10. The molecule has 1 aromatic rings. The van der Waals surface area contributed by atoms with Crippen LogP contribution in [0.5, 0.6) is 5.75 Å². The number of hydrogen-bond acceptors (Lipinski definition) is 2. The number of rotatable bonds is 4. The molecule has 0 aliphatic carbocycles. The van der Waals surface area contributed by atoms with Crippen molar-refractivity contribution < 1.29 is 9.84 Å². The zero-order valence-corrected chi connectivity index (χ0v) is 9.62. The summed E-state index contributed by atoms with van der Waals surface area (Å²) in [7, 11) is 1.64. The summed E-state index contributed by atoms with van der Waals surface area (Å²) in [6, 6.07) is 5.87. The van der Waals surface area contributed by atoms with Gasteiger partial charge >= 0.3 is 0 Å². The van der Waals surface area contributed by atoms with Crippen molar-refractivity contribution in [2.75, 3.05) is 13.7 Å². The Kier molecular flexibility index (Phi) is 4.70. The molecule has 76 valence electrons. The van der Waals surface area contributed by atoms with Gasteiger partial charge in [0.2, 0.25) is 0 Å². The van der Waals surface area contributed by atoms with Crippen LogP contribution in [0.4, 0.5) is 0 Å². The van der Waals surface area contributed by atoms with Crippen LogP contribution in [0.3, 0.4) is 0 Å². The monoisotopic (exact) mass is 256 g/mol. The molecular weight excluding hydrogens is 244 g/mol. The van der Waals surface area contributed by atoms with Crippen molar-refractivity contribution in [3.05, 3.63) is 34.3 Å². The Balaban J connectivity index is 2.79. The minimum absolute atomic E-state index is 0.185. The van der Waals surface area contributed by atoms with Gasteiger partial charge in [0, 0.05) is 6.61 Å². The van der Waals surface area contributed by atoms with E-state index in [0.29, 0.717) is 6.42 Å². The summed E-state index contributed by atoms with van der Waals surface area (Å²) in [5.41, 5.74) is 1.07. The Bertz CT molecular complexity index is 321. The first kappa shape index (κ1) is 11.3. The lowest BCUT2D eigenvalue weighted by Gasteiger charge is -2.03. The number of aliphatic hydroxyl groups is 1. The van der Waals surface area contributed by atoms with Gasteiger partial charge in [-0.25, -0.2) is 0 Å². The second-order valence-corrected chi connectivity index (χ2v) is 3.66. The normalized spacial score (nSPS) is 10.8. The van der Waals surface area contributed by atoms with E-state index in [2.05, 4.69) is 15.9 Å². The second-order valence-electron chi connectivity index (χ2n) is 2.81. The number of aliphatic hydroxyl groups excluding tert-OH is 1. The van der Waals surface area contributed by atoms with Gasteiger partial charge in [-0.1, -0.05) is 18.2 Å². The minimum atomic E-state index is 0.185. The quantitative estimate of drug-likeness (QED) is 0.898. The highest BCUT2D eigenvalue weighted by Crippen LogP contribution is 2.25. The fraction of sp³-hybridized carbons (Fsp3) is 0.273. The predicted molar refractivity (Wildman–Crippen MR) is 61.4 cm³/mol. The third-order valence-corrected chi connectivity index (χ3v) is 2.44. The predicted octanol–water partition coefficient (Wildman–Crippen LogP) is 2.85. The molecule has 0 aliphatic heterocycles. The van der Waals surface area contributed by atoms with Crippen LogP contribution >= 0.6 is 15.9 Å². The Labute approximate surface area is 92.3 Å². The lowest BCUT2D eigenvalue weighted by atomic mass is 10.2. The Hall–Kier alpha value is -0.800. The van der Waals surface area contributed by atoms with Crippen molar-refractivity contribution in [1.29, 1.82) is 0 Å². The van der Waals surface area contributed by atoms with Crippen molar-refractivity contribution in [3.8, 4) is 5.75 Å². The van der Waals surface area contributed by atoms with Gasteiger partial charge in [-0.05, 0) is 40.0 Å². The van der Waals surface area contributed by atoms with E-state index in [1.54, 1.807) is 7.11 Å². The van der Waals surface area contributed by atoms with Gasteiger partial charge in [-0.3, -0.25) is 0 Å². The molecule has 0 saturated carbocycles. The van der Waals surface area contributed by atoms with E-state index in [1.165, 1.54) is 0 Å². The summed E-state index contributed by atoms with van der Waals surface area (Å²) in [5, 5.41) is 8.61. The molecule has 0 spiro atoms. The highest BCUT2D eigenvalue weighted by Gasteiger charge is 1.98. The molecule has 0 radical (unpaired) electrons. The van der Waals surface area contributed by atoms with Gasteiger partial charge in [0.05, 0.1) is 11.6 Å². The van der Waals surface area contributed by atoms with Crippen LogP contribution in [0.25, 0.3) is 6.08 Å². The van der Waals surface area contributed by atoms with Crippen LogP contribution in [-0.4, -0.2) is 18.8 Å². The molecule has 1 N–H and O–H groups in total. The lowest BCUT2D eigenvalue weighted by Crippen LogP contribution is -1.85. The van der Waals surface area contributed by atoms with Crippen molar-refractivity contribution in [2.45, 2.75) is 6.42 Å². The van der Waals surface area contributed by atoms with Gasteiger partial charge in [-0.2, -0.15) is 0 Å². The molecule has 0 atom stereocenters. The maximum Gasteiger partial charge on any atom is 0.133 e. The smallest absolute Gasteiger partial charge is 0.133 e. The summed E-state index contributed by atoms with van der Waals surface area (Å²) in [6.45, 7) is 0.185. The van der Waals surface area contributed by atoms with E-state index < -0.39 is 0 Å². The van der Waals surface area contributed by atoms with Gasteiger partial charge in [-0.15, -0.1) is 0 Å². The molecule has 0 heterocycles. The van der Waals surface area contributed by atoms with E-state index in [1.807, 2.05) is 30.4 Å². The van der Waals surface area contributed by atoms with E-state index in [-0.39, 0.29) is 6.61 Å². The zero-order valence-electron chi connectivity index (χ0n) is 8.03. The molecule has 2 nitrogen and oxygen atoms in total. The molecule has 3 heteroatoms. The topological polar surface area (TPSA) is 29.5 Å². The molecule has 1 aromatic carbocycles. The first-order valence-corrected chi connectivity index (χ1v) is 5.18. The lowest BCUT2D eigenvalue weighted by molar-refractivity contribution is 0.303. The van der Waals surface area contributed by atoms with E-state index in [4.69, 9.17) is 9.84 Å². The number of ether oxygens (including phenoxy) is 1. The van der Waals surface area contributed by atoms with Crippen LogP contribution in [0.1, 0.15) is 12.0 Å². The third kappa shape index (κ3) is 3.16. The molecule has 1 rings (SSSR count). The van der Waals surface area contributed by atoms with Gasteiger partial charge in [0.1, 0.15) is 5.75 Å². The average Bonchev–Trinajstić information content (AvgIpc) is 2.21. The molecule has 0 fully saturated rings. The SMILES string of the molecule is COc1cc(C=CCCO)ccc1Br. The summed E-state index contributed by atoms with van der Waals surface area (Å²) in [4.78, 5) is 0. The van der Waals surface area contributed by atoms with Crippen molar-refractivity contribution in [3.63, 3.8) is 0 Å². The number of hydrogen-bond donors (Lipinski definition) is 1. The van der Waals surface area contributed by atoms with Crippen LogP contribution < -0.4 is 4.74 Å². The van der Waals surface area contributed by atoms with Crippen LogP contribution in [0, 0.1) is 0 Å². The number of methoxy groups -OCH3 is 1. The summed E-state index contributed by atoms with van der Waals surface area (Å²) in [6.07, 6.45) is 4.58. The Morgan fingerprint density at radius 2 is 2.29 bits per heavy atom. The maximum atomic E-state index is 8.61. The molecule has 0 amide bonds. The second kappa shape index (κ2) is 5.83. The third-order valence-electron chi connectivity index (χ3n) is 1.78. The highest BCUT2D eigenvalue weighted by atomic mass is 79.9. The van der Waals surface area contributed by atoms with Gasteiger partial charge in [0.25, 0.3) is 0 Å². The Morgan fingerprint density at radius 1 is 1.50 bits per heavy atom. The molecule has 0 aromatic heterocycles. The van der Waals surface area contributed by atoms with Crippen molar-refractivity contribution in [1.82, 2.24) is 0 Å². The molecule has 0 unspecified atom stereocenters. The Morgan fingerprint density at radius 3 is 2.93 bits per heavy atom.